The first kappa shape index (κ1) is 14.0. The van der Waals surface area contributed by atoms with Crippen molar-refractivity contribution in [1.82, 2.24) is 0 Å². The van der Waals surface area contributed by atoms with Crippen LogP contribution >= 0.6 is 0 Å². The zero-order chi connectivity index (χ0) is 13.9. The lowest BCUT2D eigenvalue weighted by Crippen LogP contribution is -2.36. The van der Waals surface area contributed by atoms with Crippen LogP contribution in [0.15, 0.2) is 24.3 Å². The molecule has 2 rings (SSSR count). The Labute approximate surface area is 109 Å². The van der Waals surface area contributed by atoms with Gasteiger partial charge in [0.05, 0.1) is 12.1 Å². The first-order valence-corrected chi connectivity index (χ1v) is 6.24. The normalized spacial score (nSPS) is 24.0. The summed E-state index contributed by atoms with van der Waals surface area (Å²) in [5.41, 5.74) is 0.681. The molecule has 106 valence electrons. The molecule has 0 saturated heterocycles. The molecule has 0 unspecified atom stereocenters. The molecule has 0 spiro atoms. The summed E-state index contributed by atoms with van der Waals surface area (Å²) in [5.74, 6) is -0.248. The molecule has 2 atom stereocenters. The zero-order valence-corrected chi connectivity index (χ0v) is 10.3. The van der Waals surface area contributed by atoms with E-state index in [2.05, 4.69) is 10.1 Å². The molecule has 1 aromatic rings. The van der Waals surface area contributed by atoms with E-state index in [1.54, 1.807) is 0 Å². The van der Waals surface area contributed by atoms with Gasteiger partial charge < -0.3 is 15.2 Å². The highest BCUT2D eigenvalue weighted by Crippen LogP contribution is 2.26. The summed E-state index contributed by atoms with van der Waals surface area (Å²) in [6.07, 6.45) is -1.40. The van der Waals surface area contributed by atoms with Gasteiger partial charge in [0.2, 0.25) is 0 Å². The van der Waals surface area contributed by atoms with E-state index in [4.69, 9.17) is 0 Å². The van der Waals surface area contributed by atoms with Crippen molar-refractivity contribution in [3.8, 4) is 5.75 Å². The second kappa shape index (κ2) is 5.69. The lowest BCUT2D eigenvalue weighted by Gasteiger charge is -2.29. The number of ether oxygens (including phenoxy) is 1. The second-order valence-corrected chi connectivity index (χ2v) is 4.67. The number of rotatable bonds is 3. The Morgan fingerprint density at radius 3 is 2.32 bits per heavy atom. The van der Waals surface area contributed by atoms with Crippen LogP contribution in [0.4, 0.5) is 18.9 Å². The molecule has 1 fully saturated rings. The van der Waals surface area contributed by atoms with E-state index in [0.29, 0.717) is 5.69 Å². The molecule has 6 heteroatoms. The van der Waals surface area contributed by atoms with Gasteiger partial charge in [-0.15, -0.1) is 13.2 Å². The fourth-order valence-electron chi connectivity index (χ4n) is 2.25. The molecule has 0 aliphatic heterocycles. The zero-order valence-electron chi connectivity index (χ0n) is 10.3. The minimum Gasteiger partial charge on any atom is -0.406 e. The van der Waals surface area contributed by atoms with Gasteiger partial charge in [-0.2, -0.15) is 0 Å². The van der Waals surface area contributed by atoms with Crippen LogP contribution < -0.4 is 10.1 Å². The molecule has 0 aromatic heterocycles. The van der Waals surface area contributed by atoms with Crippen LogP contribution in [-0.4, -0.2) is 23.6 Å². The van der Waals surface area contributed by atoms with E-state index in [1.807, 2.05) is 0 Å². The molecular formula is C13H16F3NO2. The Bertz CT molecular complexity index is 405. The minimum absolute atomic E-state index is 0.0388. The summed E-state index contributed by atoms with van der Waals surface area (Å²) in [6, 6.07) is 5.50. The maximum atomic E-state index is 12.0. The van der Waals surface area contributed by atoms with Crippen LogP contribution in [0.2, 0.25) is 0 Å². The van der Waals surface area contributed by atoms with Crippen molar-refractivity contribution in [2.75, 3.05) is 5.32 Å². The summed E-state index contributed by atoms with van der Waals surface area (Å²) in [5, 5.41) is 12.9. The van der Waals surface area contributed by atoms with Crippen molar-refractivity contribution in [3.05, 3.63) is 24.3 Å². The van der Waals surface area contributed by atoms with Crippen molar-refractivity contribution in [3.63, 3.8) is 0 Å². The molecule has 1 aliphatic carbocycles. The topological polar surface area (TPSA) is 41.5 Å². The molecule has 3 nitrogen and oxygen atoms in total. The van der Waals surface area contributed by atoms with Gasteiger partial charge in [-0.3, -0.25) is 0 Å². The molecule has 0 bridgehead atoms. The van der Waals surface area contributed by atoms with Gasteiger partial charge in [-0.05, 0) is 37.1 Å². The fourth-order valence-corrected chi connectivity index (χ4v) is 2.25. The molecule has 1 saturated carbocycles. The monoisotopic (exact) mass is 275 g/mol. The summed E-state index contributed by atoms with van der Waals surface area (Å²) in [7, 11) is 0. The third-order valence-corrected chi connectivity index (χ3v) is 3.17. The van der Waals surface area contributed by atoms with Crippen LogP contribution in [0, 0.1) is 0 Å². The number of aliphatic hydroxyl groups excluding tert-OH is 1. The second-order valence-electron chi connectivity index (χ2n) is 4.67. The van der Waals surface area contributed by atoms with Crippen LogP contribution in [0.1, 0.15) is 25.7 Å². The molecule has 1 aliphatic rings. The predicted molar refractivity (Wildman–Crippen MR) is 65.0 cm³/mol. The third kappa shape index (κ3) is 4.31. The van der Waals surface area contributed by atoms with E-state index >= 15 is 0 Å². The van der Waals surface area contributed by atoms with Crippen LogP contribution in [-0.2, 0) is 0 Å². The van der Waals surface area contributed by atoms with E-state index in [1.165, 1.54) is 24.3 Å². The number of alkyl halides is 3. The van der Waals surface area contributed by atoms with E-state index < -0.39 is 12.5 Å². The van der Waals surface area contributed by atoms with Gasteiger partial charge in [-0.1, -0.05) is 12.8 Å². The number of hydrogen-bond donors (Lipinski definition) is 2. The molecular weight excluding hydrogens is 259 g/mol. The highest BCUT2D eigenvalue weighted by molar-refractivity contribution is 5.47. The van der Waals surface area contributed by atoms with Crippen molar-refractivity contribution >= 4 is 5.69 Å². The Morgan fingerprint density at radius 2 is 1.74 bits per heavy atom. The van der Waals surface area contributed by atoms with Gasteiger partial charge in [0.1, 0.15) is 5.75 Å². The van der Waals surface area contributed by atoms with Crippen LogP contribution in [0.3, 0.4) is 0 Å². The van der Waals surface area contributed by atoms with Crippen molar-refractivity contribution in [2.24, 2.45) is 0 Å². The van der Waals surface area contributed by atoms with Gasteiger partial charge in [-0.25, -0.2) is 0 Å². The summed E-state index contributed by atoms with van der Waals surface area (Å²) < 4.78 is 39.8. The maximum absolute atomic E-state index is 12.0. The largest absolute Gasteiger partial charge is 0.573 e. The van der Waals surface area contributed by atoms with Crippen molar-refractivity contribution < 1.29 is 23.0 Å². The van der Waals surface area contributed by atoms with Crippen LogP contribution in [0.5, 0.6) is 5.75 Å². The highest BCUT2D eigenvalue weighted by atomic mass is 19.4. The fraction of sp³-hybridized carbons (Fsp3) is 0.538. The molecule has 19 heavy (non-hydrogen) atoms. The highest BCUT2D eigenvalue weighted by Gasteiger charge is 2.31. The summed E-state index contributed by atoms with van der Waals surface area (Å²) in [6.45, 7) is 0. The summed E-state index contributed by atoms with van der Waals surface area (Å²) >= 11 is 0. The SMILES string of the molecule is O[C@@H]1CCCC[C@H]1Nc1ccc(OC(F)(F)F)cc1. The average Bonchev–Trinajstić information content (AvgIpc) is 2.33. The van der Waals surface area contributed by atoms with E-state index in [0.717, 1.165) is 25.7 Å². The number of nitrogens with one attached hydrogen (secondary N) is 1. The molecule has 2 N–H and O–H groups in total. The summed E-state index contributed by atoms with van der Waals surface area (Å²) in [4.78, 5) is 0. The Balaban J connectivity index is 1.94. The molecule has 0 radical (unpaired) electrons. The molecule has 0 amide bonds. The van der Waals surface area contributed by atoms with Crippen LogP contribution in [0.25, 0.3) is 0 Å². The van der Waals surface area contributed by atoms with E-state index in [9.17, 15) is 18.3 Å². The first-order chi connectivity index (χ1) is 8.94. The van der Waals surface area contributed by atoms with Gasteiger partial charge in [0, 0.05) is 5.69 Å². The minimum atomic E-state index is -4.67. The maximum Gasteiger partial charge on any atom is 0.573 e. The number of aliphatic hydroxyl groups is 1. The lowest BCUT2D eigenvalue weighted by atomic mass is 9.92. The first-order valence-electron chi connectivity index (χ1n) is 6.24. The van der Waals surface area contributed by atoms with Gasteiger partial charge in [0.25, 0.3) is 0 Å². The van der Waals surface area contributed by atoms with Gasteiger partial charge in [0.15, 0.2) is 0 Å². The average molecular weight is 275 g/mol. The van der Waals surface area contributed by atoms with Gasteiger partial charge >= 0.3 is 6.36 Å². The third-order valence-electron chi connectivity index (χ3n) is 3.17. The predicted octanol–water partition coefficient (Wildman–Crippen LogP) is 3.30. The Morgan fingerprint density at radius 1 is 1.11 bits per heavy atom. The number of anilines is 1. The van der Waals surface area contributed by atoms with Crippen molar-refractivity contribution in [2.45, 2.75) is 44.2 Å². The van der Waals surface area contributed by atoms with Crippen molar-refractivity contribution in [1.29, 1.82) is 0 Å². The number of halogens is 3. The standard InChI is InChI=1S/C13H16F3NO2/c14-13(15,16)19-10-7-5-9(6-8-10)17-11-3-1-2-4-12(11)18/h5-8,11-12,17-18H,1-4H2/t11-,12-/m1/s1. The number of hydrogen-bond acceptors (Lipinski definition) is 3. The molecule has 0 heterocycles. The number of benzene rings is 1. The lowest BCUT2D eigenvalue weighted by molar-refractivity contribution is -0.274. The van der Waals surface area contributed by atoms with E-state index in [-0.39, 0.29) is 11.8 Å². The molecule has 1 aromatic carbocycles. The quantitative estimate of drug-likeness (QED) is 0.889. The Kier molecular flexibility index (Phi) is 4.19. The smallest absolute Gasteiger partial charge is 0.406 e. The Hall–Kier alpha value is -1.43.